The fourth-order valence-electron chi connectivity index (χ4n) is 2.04. The fraction of sp³-hybridized carbons (Fsp3) is 0.286. The zero-order valence-corrected chi connectivity index (χ0v) is 14.1. The van der Waals surface area contributed by atoms with E-state index in [1.54, 1.807) is 0 Å². The van der Waals surface area contributed by atoms with Gasteiger partial charge in [-0.1, -0.05) is 29.8 Å². The maximum absolute atomic E-state index is 11.7. The van der Waals surface area contributed by atoms with Gasteiger partial charge >= 0.3 is 29.6 Å². The van der Waals surface area contributed by atoms with Gasteiger partial charge in [0.25, 0.3) is 0 Å². The van der Waals surface area contributed by atoms with Crippen LogP contribution in [-0.4, -0.2) is 10.2 Å². The van der Waals surface area contributed by atoms with Crippen LogP contribution in [0.25, 0.3) is 0 Å². The topological polar surface area (TPSA) is 58.1 Å². The fourth-order valence-corrected chi connectivity index (χ4v) is 2.18. The Bertz CT molecular complexity index is 633. The van der Waals surface area contributed by atoms with E-state index in [9.17, 15) is 5.11 Å². The number of nitrogens with zero attached hydrogens (tertiary/aromatic N) is 2. The van der Waals surface area contributed by atoms with Crippen molar-refractivity contribution in [2.45, 2.75) is 25.7 Å². The van der Waals surface area contributed by atoms with Crippen LogP contribution in [0.1, 0.15) is 29.9 Å². The Balaban J connectivity index is 0.00000147. The first-order chi connectivity index (χ1) is 9.15. The number of halogens is 1. The molecule has 1 saturated carbocycles. The quantitative estimate of drug-likeness (QED) is 0.759. The maximum Gasteiger partial charge on any atom is 1.00 e. The molecule has 3 rings (SSSR count). The van der Waals surface area contributed by atoms with Crippen molar-refractivity contribution >= 4 is 11.6 Å². The number of aromatic nitrogens is 2. The summed E-state index contributed by atoms with van der Waals surface area (Å²) in [4.78, 5) is 0. The maximum atomic E-state index is 11.7. The van der Waals surface area contributed by atoms with Crippen molar-refractivity contribution < 1.29 is 39.4 Å². The molecule has 1 aromatic heterocycles. The summed E-state index contributed by atoms with van der Waals surface area (Å²) in [7, 11) is 0. The van der Waals surface area contributed by atoms with E-state index in [1.807, 2.05) is 25.1 Å². The van der Waals surface area contributed by atoms with Gasteiger partial charge in [0.1, 0.15) is 5.75 Å². The van der Waals surface area contributed by atoms with Crippen molar-refractivity contribution in [2.75, 3.05) is 0 Å². The van der Waals surface area contributed by atoms with Crippen LogP contribution >= 0.6 is 11.6 Å². The first kappa shape index (κ1) is 15.6. The Morgan fingerprint density at radius 3 is 2.70 bits per heavy atom. The Labute approximate surface area is 144 Å². The molecule has 0 bridgehead atoms. The molecule has 0 N–H and O–H groups in total. The summed E-state index contributed by atoms with van der Waals surface area (Å²) in [6.07, 6.45) is 2.33. The Kier molecular flexibility index (Phi) is 4.91. The van der Waals surface area contributed by atoms with Gasteiger partial charge in [-0.2, -0.15) is 0 Å². The summed E-state index contributed by atoms with van der Waals surface area (Å²) >= 11 is 5.61. The summed E-state index contributed by atoms with van der Waals surface area (Å²) in [5.74, 6) is 0.870. The Morgan fingerprint density at radius 2 is 2.05 bits per heavy atom. The molecule has 0 spiro atoms. The van der Waals surface area contributed by atoms with Crippen molar-refractivity contribution in [3.05, 3.63) is 40.5 Å². The van der Waals surface area contributed by atoms with Gasteiger partial charge in [-0.3, -0.25) is 0 Å². The molecule has 4 nitrogen and oxygen atoms in total. The van der Waals surface area contributed by atoms with Gasteiger partial charge in [-0.15, -0.1) is 10.2 Å². The van der Waals surface area contributed by atoms with Crippen LogP contribution in [0, 0.1) is 6.92 Å². The average molecular weight is 299 g/mol. The molecule has 1 fully saturated rings. The molecule has 1 aromatic carbocycles. The third-order valence-electron chi connectivity index (χ3n) is 3.16. The molecule has 0 aliphatic heterocycles. The van der Waals surface area contributed by atoms with Gasteiger partial charge in [0, 0.05) is 0 Å². The van der Waals surface area contributed by atoms with Crippen LogP contribution < -0.4 is 39.4 Å². The van der Waals surface area contributed by atoms with Crippen LogP contribution in [-0.2, 0) is 0 Å². The van der Waals surface area contributed by atoms with Crippen LogP contribution in [0.2, 0.25) is 5.15 Å². The molecule has 0 radical (unpaired) electrons. The summed E-state index contributed by atoms with van der Waals surface area (Å²) in [6.45, 7) is 1.95. The van der Waals surface area contributed by atoms with E-state index in [0.717, 1.165) is 29.7 Å². The zero-order valence-electron chi connectivity index (χ0n) is 11.4. The van der Waals surface area contributed by atoms with Gasteiger partial charge in [-0.05, 0) is 48.6 Å². The number of hydrogen-bond acceptors (Lipinski definition) is 4. The van der Waals surface area contributed by atoms with Crippen molar-refractivity contribution in [3.8, 4) is 17.4 Å². The number of para-hydroxylation sites is 1. The molecule has 98 valence electrons. The number of rotatable bonds is 3. The molecule has 0 atom stereocenters. The van der Waals surface area contributed by atoms with E-state index >= 15 is 0 Å². The summed E-state index contributed by atoms with van der Waals surface area (Å²) in [5.41, 5.74) is 2.12. The average Bonchev–Trinajstić information content (AvgIpc) is 3.19. The minimum atomic E-state index is -0.356. The van der Waals surface area contributed by atoms with Crippen LogP contribution in [0.3, 0.4) is 0 Å². The SMILES string of the molecule is Cc1cccc(C2CC2)c1Oc1nnc(Cl)cc1[O-].[Na+]. The second-order valence-corrected chi connectivity index (χ2v) is 5.09. The molecule has 1 heterocycles. The molecule has 0 amide bonds. The number of aryl methyl sites for hydroxylation is 1. The van der Waals surface area contributed by atoms with Gasteiger partial charge in [0.2, 0.25) is 5.88 Å². The van der Waals surface area contributed by atoms with Crippen molar-refractivity contribution in [3.63, 3.8) is 0 Å². The van der Waals surface area contributed by atoms with Crippen LogP contribution in [0.15, 0.2) is 24.3 Å². The monoisotopic (exact) mass is 298 g/mol. The molecule has 6 heteroatoms. The minimum absolute atomic E-state index is 0. The van der Waals surface area contributed by atoms with Crippen LogP contribution in [0.5, 0.6) is 17.4 Å². The molecule has 20 heavy (non-hydrogen) atoms. The molecule has 1 aliphatic rings. The summed E-state index contributed by atoms with van der Waals surface area (Å²) in [6, 6.07) is 7.20. The predicted molar refractivity (Wildman–Crippen MR) is 69.7 cm³/mol. The van der Waals surface area contributed by atoms with E-state index in [2.05, 4.69) is 10.2 Å². The van der Waals surface area contributed by atoms with E-state index in [4.69, 9.17) is 16.3 Å². The molecular formula is C14H12ClN2NaO2. The van der Waals surface area contributed by atoms with E-state index in [-0.39, 0.29) is 46.3 Å². The third-order valence-corrected chi connectivity index (χ3v) is 3.34. The van der Waals surface area contributed by atoms with Crippen molar-refractivity contribution in [1.82, 2.24) is 10.2 Å². The Morgan fingerprint density at radius 1 is 1.30 bits per heavy atom. The molecule has 0 unspecified atom stereocenters. The van der Waals surface area contributed by atoms with Gasteiger partial charge in [0.05, 0.1) is 0 Å². The number of benzene rings is 1. The first-order valence-corrected chi connectivity index (χ1v) is 6.50. The van der Waals surface area contributed by atoms with E-state index in [1.165, 1.54) is 6.07 Å². The number of hydrogen-bond donors (Lipinski definition) is 0. The van der Waals surface area contributed by atoms with Crippen LogP contribution in [0.4, 0.5) is 0 Å². The third kappa shape index (κ3) is 3.26. The predicted octanol–water partition coefficient (Wildman–Crippen LogP) is 0.186. The minimum Gasteiger partial charge on any atom is -0.869 e. The molecule has 2 aromatic rings. The summed E-state index contributed by atoms with van der Waals surface area (Å²) < 4.78 is 5.68. The standard InChI is InChI=1S/C14H13ClN2O2.Na/c1-8-3-2-4-10(9-5-6-9)13(8)19-14-11(18)7-12(15)16-17-14;/h2-4,7,9H,5-6H2,1H3,(H,16,18);/q;+1/p-1. The van der Waals surface area contributed by atoms with Crippen molar-refractivity contribution in [1.29, 1.82) is 0 Å². The zero-order chi connectivity index (χ0) is 13.4. The smallest absolute Gasteiger partial charge is 0.869 e. The number of ether oxygens (including phenoxy) is 1. The normalized spacial score (nSPS) is 13.7. The molecular weight excluding hydrogens is 287 g/mol. The Hall–Kier alpha value is -0.810. The first-order valence-electron chi connectivity index (χ1n) is 6.13. The van der Waals surface area contributed by atoms with E-state index < -0.39 is 0 Å². The summed E-state index contributed by atoms with van der Waals surface area (Å²) in [5, 5.41) is 19.2. The largest absolute Gasteiger partial charge is 1.00 e. The molecule has 1 aliphatic carbocycles. The second kappa shape index (κ2) is 6.31. The molecule has 0 saturated heterocycles. The van der Waals surface area contributed by atoms with Gasteiger partial charge < -0.3 is 9.84 Å². The van der Waals surface area contributed by atoms with Crippen molar-refractivity contribution in [2.24, 2.45) is 0 Å². The van der Waals surface area contributed by atoms with Gasteiger partial charge in [-0.25, -0.2) is 0 Å². The second-order valence-electron chi connectivity index (χ2n) is 4.71. The van der Waals surface area contributed by atoms with Gasteiger partial charge in [0.15, 0.2) is 5.15 Å². The van der Waals surface area contributed by atoms with E-state index in [0.29, 0.717) is 5.92 Å².